The molecule has 1 saturated carbocycles. The van der Waals surface area contributed by atoms with Crippen molar-refractivity contribution in [2.75, 3.05) is 26.3 Å². The van der Waals surface area contributed by atoms with Gasteiger partial charge in [0.2, 0.25) is 11.8 Å². The van der Waals surface area contributed by atoms with Crippen LogP contribution in [0.1, 0.15) is 54.9 Å². The van der Waals surface area contributed by atoms with Crippen molar-refractivity contribution in [2.45, 2.75) is 69.1 Å². The summed E-state index contributed by atoms with van der Waals surface area (Å²) in [4.78, 5) is 25.1. The fraction of sp³-hybridized carbons (Fsp3) is 0.682. The van der Waals surface area contributed by atoms with E-state index in [9.17, 15) is 9.90 Å². The summed E-state index contributed by atoms with van der Waals surface area (Å²) in [6, 6.07) is 0.624. The Morgan fingerprint density at radius 2 is 2.03 bits per heavy atom. The Bertz CT molecular complexity index is 937. The molecule has 1 unspecified atom stereocenters. The van der Waals surface area contributed by atoms with Crippen molar-refractivity contribution in [2.24, 2.45) is 5.73 Å². The Hall–Kier alpha value is -1.81. The van der Waals surface area contributed by atoms with E-state index in [-0.39, 0.29) is 12.0 Å². The number of fused-ring (bicyclic) bond motifs is 3. The number of rotatable bonds is 6. The van der Waals surface area contributed by atoms with Gasteiger partial charge in [0.15, 0.2) is 0 Å². The highest BCUT2D eigenvalue weighted by Crippen LogP contribution is 2.47. The summed E-state index contributed by atoms with van der Waals surface area (Å²) in [5, 5.41) is 11.0. The molecular formula is C22H30N4O4S. The molecule has 3 aliphatic rings. The predicted molar refractivity (Wildman–Crippen MR) is 117 cm³/mol. The normalized spacial score (nSPS) is 27.8. The maximum atomic E-state index is 11.4. The monoisotopic (exact) mass is 446 g/mol. The van der Waals surface area contributed by atoms with E-state index in [1.54, 1.807) is 17.7 Å². The zero-order valence-electron chi connectivity index (χ0n) is 17.7. The lowest BCUT2D eigenvalue weighted by molar-refractivity contribution is -0.126. The molecule has 2 aromatic rings. The Labute approximate surface area is 185 Å². The fourth-order valence-corrected chi connectivity index (χ4v) is 6.61. The van der Waals surface area contributed by atoms with Crippen molar-refractivity contribution in [3.63, 3.8) is 0 Å². The van der Waals surface area contributed by atoms with Gasteiger partial charge in [-0.05, 0) is 56.4 Å². The van der Waals surface area contributed by atoms with Gasteiger partial charge in [0.05, 0.1) is 18.6 Å². The zero-order valence-corrected chi connectivity index (χ0v) is 18.5. The van der Waals surface area contributed by atoms with Crippen molar-refractivity contribution in [1.29, 1.82) is 0 Å². The number of hydrogen-bond donors (Lipinski definition) is 2. The zero-order chi connectivity index (χ0) is 21.4. The number of aryl methyl sites for hydroxylation is 1. The van der Waals surface area contributed by atoms with E-state index in [0.29, 0.717) is 18.3 Å². The van der Waals surface area contributed by atoms with E-state index < -0.39 is 12.0 Å². The second-order valence-corrected chi connectivity index (χ2v) is 9.97. The van der Waals surface area contributed by atoms with Gasteiger partial charge in [-0.2, -0.15) is 0 Å². The molecule has 2 fully saturated rings. The first kappa shape index (κ1) is 21.1. The van der Waals surface area contributed by atoms with Crippen LogP contribution < -0.4 is 10.5 Å². The highest BCUT2D eigenvalue weighted by molar-refractivity contribution is 7.19. The average Bonchev–Trinajstić information content (AvgIpc) is 3.35. The molecule has 31 heavy (non-hydrogen) atoms. The van der Waals surface area contributed by atoms with Gasteiger partial charge < -0.3 is 20.3 Å². The number of ether oxygens (including phenoxy) is 2. The van der Waals surface area contributed by atoms with Crippen molar-refractivity contribution < 1.29 is 19.4 Å². The molecule has 1 amide bonds. The molecule has 3 heterocycles. The van der Waals surface area contributed by atoms with Crippen LogP contribution in [0, 0.1) is 0 Å². The molecule has 168 valence electrons. The molecule has 2 aromatic heterocycles. The summed E-state index contributed by atoms with van der Waals surface area (Å²) in [7, 11) is 0. The third-order valence-electron chi connectivity index (χ3n) is 7.02. The lowest BCUT2D eigenvalue weighted by Crippen LogP contribution is -2.46. The number of nitrogens with zero attached hydrogens (tertiary/aromatic N) is 3. The largest absolute Gasteiger partial charge is 0.474 e. The van der Waals surface area contributed by atoms with E-state index in [2.05, 4.69) is 14.9 Å². The maximum absolute atomic E-state index is 11.4. The first-order valence-corrected chi connectivity index (χ1v) is 12.1. The number of primary amides is 1. The van der Waals surface area contributed by atoms with Gasteiger partial charge in [-0.25, -0.2) is 9.97 Å². The van der Waals surface area contributed by atoms with Crippen LogP contribution >= 0.6 is 11.3 Å². The molecule has 3 N–H and O–H groups in total. The minimum Gasteiger partial charge on any atom is -0.474 e. The molecule has 9 heteroatoms. The standard InChI is InChI=1S/C22H30N4O4S/c23-20(28)16(27)11-13-1-6-17-18(13)19-21(24-12-25-22(19)31-17)30-15-4-2-14(3-5-15)26-7-9-29-10-8-26/h12-16,27H,1-11H2,(H2,23,28)/t13-,14-,15-,16?/m1/s1. The quantitative estimate of drug-likeness (QED) is 0.698. The van der Waals surface area contributed by atoms with Crippen LogP contribution in [-0.2, 0) is 16.0 Å². The summed E-state index contributed by atoms with van der Waals surface area (Å²) in [5.74, 6) is 0.0622. The number of morpholine rings is 1. The molecule has 1 aliphatic heterocycles. The Morgan fingerprint density at radius 3 is 2.77 bits per heavy atom. The van der Waals surface area contributed by atoms with Crippen LogP contribution in [-0.4, -0.2) is 70.4 Å². The maximum Gasteiger partial charge on any atom is 0.246 e. The first-order chi connectivity index (χ1) is 15.1. The topological polar surface area (TPSA) is 111 Å². The first-order valence-electron chi connectivity index (χ1n) is 11.3. The van der Waals surface area contributed by atoms with Crippen LogP contribution in [0.4, 0.5) is 0 Å². The average molecular weight is 447 g/mol. The highest BCUT2D eigenvalue weighted by atomic mass is 32.1. The fourth-order valence-electron chi connectivity index (χ4n) is 5.38. The van der Waals surface area contributed by atoms with Crippen molar-refractivity contribution in [1.82, 2.24) is 14.9 Å². The number of aliphatic hydroxyl groups excluding tert-OH is 1. The number of amides is 1. The number of nitrogens with two attached hydrogens (primary N) is 1. The van der Waals surface area contributed by atoms with Gasteiger partial charge in [0, 0.05) is 24.0 Å². The molecule has 0 radical (unpaired) electrons. The van der Waals surface area contributed by atoms with Gasteiger partial charge >= 0.3 is 0 Å². The second-order valence-electron chi connectivity index (χ2n) is 8.88. The van der Waals surface area contributed by atoms with Crippen molar-refractivity contribution >= 4 is 27.5 Å². The van der Waals surface area contributed by atoms with Gasteiger partial charge in [-0.15, -0.1) is 11.3 Å². The molecule has 2 aliphatic carbocycles. The van der Waals surface area contributed by atoms with E-state index >= 15 is 0 Å². The number of carbonyl (C=O) groups is 1. The summed E-state index contributed by atoms with van der Waals surface area (Å²) in [6.45, 7) is 3.74. The van der Waals surface area contributed by atoms with E-state index in [4.69, 9.17) is 15.2 Å². The minimum atomic E-state index is -1.13. The lowest BCUT2D eigenvalue weighted by Gasteiger charge is -2.38. The summed E-state index contributed by atoms with van der Waals surface area (Å²) in [6.07, 6.45) is 7.08. The van der Waals surface area contributed by atoms with Crippen LogP contribution in [0.15, 0.2) is 6.33 Å². The number of aromatic nitrogens is 2. The third-order valence-corrected chi connectivity index (χ3v) is 8.19. The number of hydrogen-bond acceptors (Lipinski definition) is 8. The van der Waals surface area contributed by atoms with Crippen LogP contribution in [0.3, 0.4) is 0 Å². The van der Waals surface area contributed by atoms with Gasteiger partial charge in [-0.1, -0.05) is 0 Å². The molecule has 2 atom stereocenters. The summed E-state index contributed by atoms with van der Waals surface area (Å²) >= 11 is 1.67. The molecular weight excluding hydrogens is 416 g/mol. The minimum absolute atomic E-state index is 0.0802. The summed E-state index contributed by atoms with van der Waals surface area (Å²) in [5.41, 5.74) is 6.45. The van der Waals surface area contributed by atoms with Crippen LogP contribution in [0.2, 0.25) is 0 Å². The SMILES string of the molecule is NC(=O)C(O)C[C@H]1CCc2sc3ncnc(O[C@H]4CC[C@H](N5CCOCC5)CC4)c3c21. The van der Waals surface area contributed by atoms with Crippen LogP contribution in [0.25, 0.3) is 10.2 Å². The van der Waals surface area contributed by atoms with Crippen LogP contribution in [0.5, 0.6) is 5.88 Å². The third kappa shape index (κ3) is 4.28. The molecule has 8 nitrogen and oxygen atoms in total. The van der Waals surface area contributed by atoms with E-state index in [1.165, 1.54) is 4.88 Å². The second kappa shape index (κ2) is 8.97. The van der Waals surface area contributed by atoms with E-state index in [0.717, 1.165) is 80.6 Å². The predicted octanol–water partition coefficient (Wildman–Crippen LogP) is 1.98. The molecule has 1 saturated heterocycles. The van der Waals surface area contributed by atoms with Crippen molar-refractivity contribution in [3.8, 4) is 5.88 Å². The Kier molecular flexibility index (Phi) is 6.10. The van der Waals surface area contributed by atoms with Gasteiger partial charge in [0.1, 0.15) is 23.4 Å². The van der Waals surface area contributed by atoms with Gasteiger partial charge in [0.25, 0.3) is 0 Å². The van der Waals surface area contributed by atoms with Gasteiger partial charge in [-0.3, -0.25) is 9.69 Å². The number of thiophene rings is 1. The smallest absolute Gasteiger partial charge is 0.246 e. The Balaban J connectivity index is 1.31. The van der Waals surface area contributed by atoms with E-state index in [1.807, 2.05) is 0 Å². The number of carbonyl (C=O) groups excluding carboxylic acids is 1. The summed E-state index contributed by atoms with van der Waals surface area (Å²) < 4.78 is 11.9. The lowest BCUT2D eigenvalue weighted by atomic mass is 9.91. The molecule has 0 aromatic carbocycles. The van der Waals surface area contributed by atoms with Crippen molar-refractivity contribution in [3.05, 3.63) is 16.8 Å². The molecule has 5 rings (SSSR count). The Morgan fingerprint density at radius 1 is 1.26 bits per heavy atom. The highest BCUT2D eigenvalue weighted by Gasteiger charge is 2.34. The number of aliphatic hydroxyl groups is 1. The molecule has 0 bridgehead atoms. The molecule has 0 spiro atoms.